The summed E-state index contributed by atoms with van der Waals surface area (Å²) >= 11 is 0. The van der Waals surface area contributed by atoms with E-state index in [2.05, 4.69) is 31.2 Å². The van der Waals surface area contributed by atoms with E-state index in [0.29, 0.717) is 52.6 Å². The fourth-order valence-corrected chi connectivity index (χ4v) is 5.58. The van der Waals surface area contributed by atoms with Crippen LogP contribution in [0.1, 0.15) is 34.4 Å². The van der Waals surface area contributed by atoms with Crippen molar-refractivity contribution in [1.29, 1.82) is 0 Å². The van der Waals surface area contributed by atoms with Gasteiger partial charge in [-0.1, -0.05) is 42.5 Å². The van der Waals surface area contributed by atoms with E-state index in [1.807, 2.05) is 37.3 Å². The second-order valence-corrected chi connectivity index (χ2v) is 10.1. The molecule has 1 N–H and O–H groups in total. The Labute approximate surface area is 225 Å². The van der Waals surface area contributed by atoms with Gasteiger partial charge in [0.05, 0.1) is 24.4 Å². The van der Waals surface area contributed by atoms with E-state index >= 15 is 4.39 Å². The third kappa shape index (κ3) is 4.34. The summed E-state index contributed by atoms with van der Waals surface area (Å²) in [6.45, 7) is 6.29. The molecule has 6 nitrogen and oxygen atoms in total. The van der Waals surface area contributed by atoms with Crippen LogP contribution in [-0.4, -0.2) is 32.3 Å². The van der Waals surface area contributed by atoms with Crippen molar-refractivity contribution < 1.29 is 19.0 Å². The van der Waals surface area contributed by atoms with E-state index in [4.69, 9.17) is 14.8 Å². The summed E-state index contributed by atoms with van der Waals surface area (Å²) in [4.78, 5) is 16.6. The van der Waals surface area contributed by atoms with Gasteiger partial charge >= 0.3 is 5.97 Å². The average Bonchev–Trinajstić information content (AvgIpc) is 3.35. The number of aliphatic carboxylic acids is 1. The topological polar surface area (TPSA) is 76.7 Å². The lowest BCUT2D eigenvalue weighted by atomic mass is 9.91. The highest BCUT2D eigenvalue weighted by atomic mass is 19.1. The molecule has 0 saturated heterocycles. The monoisotopic (exact) mass is 521 g/mol. The minimum Gasteiger partial charge on any atom is -0.490 e. The Hall–Kier alpha value is -4.52. The second kappa shape index (κ2) is 9.66. The molecule has 2 aromatic heterocycles. The largest absolute Gasteiger partial charge is 0.490 e. The summed E-state index contributed by atoms with van der Waals surface area (Å²) in [5, 5.41) is 14.7. The fraction of sp³-hybridized carbons (Fsp3) is 0.219. The van der Waals surface area contributed by atoms with E-state index in [1.165, 1.54) is 11.6 Å². The first-order valence-corrected chi connectivity index (χ1v) is 13.0. The molecule has 0 aliphatic carbocycles. The van der Waals surface area contributed by atoms with E-state index < -0.39 is 11.8 Å². The molecule has 3 aromatic carbocycles. The van der Waals surface area contributed by atoms with Crippen molar-refractivity contribution in [2.75, 3.05) is 6.61 Å². The fourth-order valence-electron chi connectivity index (χ4n) is 5.58. The van der Waals surface area contributed by atoms with Crippen LogP contribution >= 0.6 is 0 Å². The number of nitrogens with zero attached hydrogens (tertiary/aromatic N) is 3. The summed E-state index contributed by atoms with van der Waals surface area (Å²) < 4.78 is 22.6. The first kappa shape index (κ1) is 24.8. The summed E-state index contributed by atoms with van der Waals surface area (Å²) in [6, 6.07) is 19.7. The van der Waals surface area contributed by atoms with Crippen LogP contribution in [0.2, 0.25) is 0 Å². The summed E-state index contributed by atoms with van der Waals surface area (Å²) in [5.74, 6) is -1.15. The molecule has 1 aliphatic rings. The molecule has 7 heteroatoms. The van der Waals surface area contributed by atoms with Gasteiger partial charge in [0.15, 0.2) is 17.2 Å². The number of ether oxygens (including phenoxy) is 1. The predicted molar refractivity (Wildman–Crippen MR) is 149 cm³/mol. The number of fused-ring (bicyclic) bond motifs is 2. The molecule has 39 heavy (non-hydrogen) atoms. The van der Waals surface area contributed by atoms with Crippen molar-refractivity contribution in [3.05, 3.63) is 94.4 Å². The molecule has 0 atom stereocenters. The highest BCUT2D eigenvalue weighted by Gasteiger charge is 2.26. The van der Waals surface area contributed by atoms with E-state index in [9.17, 15) is 9.90 Å². The smallest absolute Gasteiger partial charge is 0.307 e. The van der Waals surface area contributed by atoms with Crippen molar-refractivity contribution in [1.82, 2.24) is 14.6 Å². The molecular formula is C32H28FN3O3. The maximum atomic E-state index is 15.3. The molecule has 0 fully saturated rings. The summed E-state index contributed by atoms with van der Waals surface area (Å²) in [7, 11) is 0. The van der Waals surface area contributed by atoms with Crippen LogP contribution in [0.5, 0.6) is 5.75 Å². The maximum absolute atomic E-state index is 15.3. The Morgan fingerprint density at radius 1 is 1.03 bits per heavy atom. The molecular weight excluding hydrogens is 493 g/mol. The number of aromatic nitrogens is 3. The highest BCUT2D eigenvalue weighted by molar-refractivity contribution is 5.81. The Balaban J connectivity index is 1.58. The molecule has 3 heterocycles. The van der Waals surface area contributed by atoms with Gasteiger partial charge in [-0.25, -0.2) is 13.9 Å². The number of hydrogen-bond acceptors (Lipinski definition) is 4. The van der Waals surface area contributed by atoms with Crippen molar-refractivity contribution in [3.63, 3.8) is 0 Å². The quantitative estimate of drug-likeness (QED) is 0.277. The Kier molecular flexibility index (Phi) is 6.14. The number of carboxylic acids is 1. The Bertz CT molecular complexity index is 1770. The molecule has 0 amide bonds. The van der Waals surface area contributed by atoms with E-state index in [1.54, 1.807) is 11.4 Å². The molecule has 0 spiro atoms. The number of benzene rings is 3. The van der Waals surface area contributed by atoms with Gasteiger partial charge < -0.3 is 9.84 Å². The summed E-state index contributed by atoms with van der Waals surface area (Å²) in [6.07, 6.45) is 1.24. The summed E-state index contributed by atoms with van der Waals surface area (Å²) in [5.41, 5.74) is 9.50. The predicted octanol–water partition coefficient (Wildman–Crippen LogP) is 6.75. The third-order valence-corrected chi connectivity index (χ3v) is 7.54. The van der Waals surface area contributed by atoms with Crippen LogP contribution in [0.4, 0.5) is 4.39 Å². The maximum Gasteiger partial charge on any atom is 0.307 e. The van der Waals surface area contributed by atoms with Crippen LogP contribution in [0, 0.1) is 26.6 Å². The molecule has 0 saturated carbocycles. The molecule has 0 unspecified atom stereocenters. The van der Waals surface area contributed by atoms with E-state index in [-0.39, 0.29) is 6.42 Å². The molecule has 5 aromatic rings. The molecule has 0 radical (unpaired) electrons. The van der Waals surface area contributed by atoms with Gasteiger partial charge in [0, 0.05) is 34.0 Å². The minimum absolute atomic E-state index is 0.253. The lowest BCUT2D eigenvalue weighted by Gasteiger charge is -2.23. The van der Waals surface area contributed by atoms with Gasteiger partial charge in [0.2, 0.25) is 0 Å². The second-order valence-electron chi connectivity index (χ2n) is 10.1. The molecule has 0 bridgehead atoms. The van der Waals surface area contributed by atoms with E-state index in [0.717, 1.165) is 34.2 Å². The standard InChI is InChI=1S/C32H28FN3O3/c1-18-8-4-5-11-23(18)21-9-6-10-22(14-21)28-17-29-34-20(3)26(16-30(37)38)31(36(29)35-28)25-15-27(33)32-24(19(25)2)12-7-13-39-32/h4-6,8-11,14-15,17H,7,12-13,16H2,1-3H3,(H,37,38). The Morgan fingerprint density at radius 2 is 1.82 bits per heavy atom. The number of hydrogen-bond donors (Lipinski definition) is 1. The van der Waals surface area contributed by atoms with Crippen molar-refractivity contribution >= 4 is 11.6 Å². The average molecular weight is 522 g/mol. The number of rotatable bonds is 5. The zero-order valence-corrected chi connectivity index (χ0v) is 22.1. The number of carbonyl (C=O) groups is 1. The Morgan fingerprint density at radius 3 is 2.62 bits per heavy atom. The van der Waals surface area contributed by atoms with Crippen molar-refractivity contribution in [2.24, 2.45) is 0 Å². The van der Waals surface area contributed by atoms with Crippen LogP contribution < -0.4 is 4.74 Å². The van der Waals surface area contributed by atoms with Crippen LogP contribution in [0.25, 0.3) is 39.3 Å². The molecule has 6 rings (SSSR count). The van der Waals surface area contributed by atoms with Gasteiger partial charge in [-0.2, -0.15) is 5.10 Å². The third-order valence-electron chi connectivity index (χ3n) is 7.54. The van der Waals surface area contributed by atoms with Gasteiger partial charge in [0.25, 0.3) is 0 Å². The van der Waals surface area contributed by atoms with Gasteiger partial charge in [-0.15, -0.1) is 0 Å². The van der Waals surface area contributed by atoms with Crippen LogP contribution in [-0.2, 0) is 17.6 Å². The lowest BCUT2D eigenvalue weighted by Crippen LogP contribution is -2.14. The minimum atomic E-state index is -0.988. The van der Waals surface area contributed by atoms with Crippen LogP contribution in [0.3, 0.4) is 0 Å². The molecule has 1 aliphatic heterocycles. The van der Waals surface area contributed by atoms with Crippen LogP contribution in [0.15, 0.2) is 60.7 Å². The van der Waals surface area contributed by atoms with Gasteiger partial charge in [0.1, 0.15) is 0 Å². The van der Waals surface area contributed by atoms with Crippen molar-refractivity contribution in [3.8, 4) is 39.4 Å². The number of halogens is 1. The molecule has 196 valence electrons. The van der Waals surface area contributed by atoms with Gasteiger partial charge in [-0.05, 0) is 68.0 Å². The zero-order valence-electron chi connectivity index (χ0n) is 22.1. The zero-order chi connectivity index (χ0) is 27.3. The number of carboxylic acid groups (broad SMARTS) is 1. The lowest BCUT2D eigenvalue weighted by molar-refractivity contribution is -0.136. The normalized spacial score (nSPS) is 12.8. The van der Waals surface area contributed by atoms with Gasteiger partial charge in [-0.3, -0.25) is 4.79 Å². The van der Waals surface area contributed by atoms with Crippen molar-refractivity contribution in [2.45, 2.75) is 40.0 Å². The first-order valence-electron chi connectivity index (χ1n) is 13.0. The SMILES string of the molecule is Cc1ccccc1-c1cccc(-c2cc3nc(C)c(CC(=O)O)c(-c4cc(F)c5c(c4C)CCCO5)n3n2)c1. The number of aryl methyl sites for hydroxylation is 2. The highest BCUT2D eigenvalue weighted by Crippen LogP contribution is 2.39. The first-order chi connectivity index (χ1) is 18.8.